The van der Waals surface area contributed by atoms with Gasteiger partial charge in [-0.15, -0.1) is 0 Å². The molecule has 0 bridgehead atoms. The van der Waals surface area contributed by atoms with Crippen molar-refractivity contribution in [1.29, 1.82) is 0 Å². The standard InChI is InChI=1S/C8H14N2O2.C2H6/c1-7(11)6-10-8(12)4-3-5-9-2;1-2/h3-4,9H,5-6H2,1-2H3,(H,10,12);1-2H3/b4-3+;. The fourth-order valence-corrected chi connectivity index (χ4v) is 0.554. The van der Waals surface area contributed by atoms with Crippen LogP contribution < -0.4 is 10.6 Å². The van der Waals surface area contributed by atoms with Crippen LogP contribution in [0.25, 0.3) is 0 Å². The van der Waals surface area contributed by atoms with Gasteiger partial charge in [0.15, 0.2) is 0 Å². The third-order valence-corrected chi connectivity index (χ3v) is 1.10. The van der Waals surface area contributed by atoms with Gasteiger partial charge in [0.1, 0.15) is 5.78 Å². The molecule has 0 aliphatic rings. The van der Waals surface area contributed by atoms with Crippen molar-refractivity contribution in [3.8, 4) is 0 Å². The molecule has 4 heteroatoms. The van der Waals surface area contributed by atoms with Crippen LogP contribution in [-0.4, -0.2) is 31.8 Å². The van der Waals surface area contributed by atoms with E-state index in [-0.39, 0.29) is 18.2 Å². The Hall–Kier alpha value is -1.16. The summed E-state index contributed by atoms with van der Waals surface area (Å²) in [6, 6.07) is 0. The fraction of sp³-hybridized carbons (Fsp3) is 0.600. The summed E-state index contributed by atoms with van der Waals surface area (Å²) < 4.78 is 0. The predicted octanol–water partition coefficient (Wildman–Crippen LogP) is 0.493. The van der Waals surface area contributed by atoms with Gasteiger partial charge in [0, 0.05) is 12.6 Å². The number of hydrogen-bond donors (Lipinski definition) is 2. The average Bonchev–Trinajstić information content (AvgIpc) is 2.18. The number of carbonyl (C=O) groups is 2. The van der Waals surface area contributed by atoms with Crippen LogP contribution in [0.5, 0.6) is 0 Å². The van der Waals surface area contributed by atoms with E-state index in [4.69, 9.17) is 0 Å². The van der Waals surface area contributed by atoms with E-state index < -0.39 is 0 Å². The quantitative estimate of drug-likeness (QED) is 0.635. The first-order valence-corrected chi connectivity index (χ1v) is 4.75. The molecule has 0 fully saturated rings. The summed E-state index contributed by atoms with van der Waals surface area (Å²) in [6.45, 7) is 6.17. The first-order chi connectivity index (χ1) is 6.66. The summed E-state index contributed by atoms with van der Waals surface area (Å²) >= 11 is 0. The topological polar surface area (TPSA) is 58.2 Å². The van der Waals surface area contributed by atoms with Crippen LogP contribution in [0.4, 0.5) is 0 Å². The first kappa shape index (κ1) is 15.3. The van der Waals surface area contributed by atoms with Gasteiger partial charge in [0.05, 0.1) is 6.54 Å². The van der Waals surface area contributed by atoms with Crippen molar-refractivity contribution in [3.05, 3.63) is 12.2 Å². The molecule has 0 radical (unpaired) electrons. The summed E-state index contributed by atoms with van der Waals surface area (Å²) in [7, 11) is 1.79. The van der Waals surface area contributed by atoms with E-state index in [1.165, 1.54) is 13.0 Å². The van der Waals surface area contributed by atoms with Gasteiger partial charge in [-0.05, 0) is 14.0 Å². The summed E-state index contributed by atoms with van der Waals surface area (Å²) in [6.07, 6.45) is 3.09. The van der Waals surface area contributed by atoms with Crippen molar-refractivity contribution in [3.63, 3.8) is 0 Å². The van der Waals surface area contributed by atoms with Gasteiger partial charge in [-0.2, -0.15) is 0 Å². The van der Waals surface area contributed by atoms with Gasteiger partial charge in [-0.1, -0.05) is 19.9 Å². The number of nitrogens with one attached hydrogen (secondary N) is 2. The molecule has 0 spiro atoms. The highest BCUT2D eigenvalue weighted by Gasteiger charge is 1.95. The highest BCUT2D eigenvalue weighted by molar-refractivity contribution is 5.91. The molecule has 0 saturated carbocycles. The van der Waals surface area contributed by atoms with Crippen molar-refractivity contribution in [2.24, 2.45) is 0 Å². The number of likely N-dealkylation sites (N-methyl/N-ethyl adjacent to an activating group) is 1. The molecule has 0 aliphatic carbocycles. The molecule has 0 saturated heterocycles. The molecule has 14 heavy (non-hydrogen) atoms. The van der Waals surface area contributed by atoms with Crippen LogP contribution >= 0.6 is 0 Å². The Morgan fingerprint density at radius 2 is 1.86 bits per heavy atom. The second kappa shape index (κ2) is 11.8. The third kappa shape index (κ3) is 13.4. The summed E-state index contributed by atoms with van der Waals surface area (Å²) in [5, 5.41) is 5.29. The number of carbonyl (C=O) groups excluding carboxylic acids is 2. The minimum Gasteiger partial charge on any atom is -0.345 e. The Morgan fingerprint density at radius 1 is 1.29 bits per heavy atom. The molecule has 0 atom stereocenters. The van der Waals surface area contributed by atoms with Crippen molar-refractivity contribution < 1.29 is 9.59 Å². The Morgan fingerprint density at radius 3 is 2.29 bits per heavy atom. The zero-order valence-electron chi connectivity index (χ0n) is 9.39. The largest absolute Gasteiger partial charge is 0.345 e. The molecule has 0 aromatic carbocycles. The van der Waals surface area contributed by atoms with Crippen molar-refractivity contribution in [2.45, 2.75) is 20.8 Å². The Balaban J connectivity index is 0. The van der Waals surface area contributed by atoms with Gasteiger partial charge < -0.3 is 10.6 Å². The lowest BCUT2D eigenvalue weighted by Crippen LogP contribution is -2.26. The van der Waals surface area contributed by atoms with Crippen molar-refractivity contribution in [2.75, 3.05) is 20.1 Å². The van der Waals surface area contributed by atoms with Crippen molar-refractivity contribution >= 4 is 11.7 Å². The van der Waals surface area contributed by atoms with Gasteiger partial charge in [-0.25, -0.2) is 0 Å². The van der Waals surface area contributed by atoms with E-state index in [0.29, 0.717) is 6.54 Å². The lowest BCUT2D eigenvalue weighted by molar-refractivity contribution is -0.121. The molecule has 0 heterocycles. The molecule has 0 unspecified atom stereocenters. The number of rotatable bonds is 5. The minimum atomic E-state index is -0.236. The predicted molar refractivity (Wildman–Crippen MR) is 58.1 cm³/mol. The monoisotopic (exact) mass is 200 g/mol. The van der Waals surface area contributed by atoms with Gasteiger partial charge in [0.2, 0.25) is 5.91 Å². The van der Waals surface area contributed by atoms with E-state index in [2.05, 4.69) is 10.6 Å². The molecular formula is C10H20N2O2. The fourth-order valence-electron chi connectivity index (χ4n) is 0.554. The van der Waals surface area contributed by atoms with E-state index in [1.807, 2.05) is 13.8 Å². The van der Waals surface area contributed by atoms with Crippen LogP contribution in [0.1, 0.15) is 20.8 Å². The molecule has 2 N–H and O–H groups in total. The third-order valence-electron chi connectivity index (χ3n) is 1.10. The van der Waals surface area contributed by atoms with Crippen molar-refractivity contribution in [1.82, 2.24) is 10.6 Å². The summed E-state index contributed by atoms with van der Waals surface area (Å²) in [5.74, 6) is -0.286. The minimum absolute atomic E-state index is 0.0506. The average molecular weight is 200 g/mol. The molecule has 1 amide bonds. The molecule has 82 valence electrons. The number of Topliss-reactive ketones (excluding diaryl/α,β-unsaturated/α-hetero) is 1. The zero-order chi connectivity index (χ0) is 11.4. The first-order valence-electron chi connectivity index (χ1n) is 4.75. The second-order valence-corrected chi connectivity index (χ2v) is 2.38. The van der Waals surface area contributed by atoms with Crippen LogP contribution in [0, 0.1) is 0 Å². The highest BCUT2D eigenvalue weighted by atomic mass is 16.2. The van der Waals surface area contributed by atoms with Gasteiger partial charge in [0.25, 0.3) is 0 Å². The lowest BCUT2D eigenvalue weighted by atomic mass is 10.4. The van der Waals surface area contributed by atoms with Crippen LogP contribution in [-0.2, 0) is 9.59 Å². The van der Waals surface area contributed by atoms with E-state index in [9.17, 15) is 9.59 Å². The molecule has 0 aromatic heterocycles. The Bertz CT molecular complexity index is 189. The van der Waals surface area contributed by atoms with Crippen LogP contribution in [0.2, 0.25) is 0 Å². The number of amides is 1. The van der Waals surface area contributed by atoms with Crippen LogP contribution in [0.15, 0.2) is 12.2 Å². The summed E-state index contributed by atoms with van der Waals surface area (Å²) in [5.41, 5.74) is 0. The molecular weight excluding hydrogens is 180 g/mol. The maximum atomic E-state index is 10.8. The van der Waals surface area contributed by atoms with E-state index >= 15 is 0 Å². The summed E-state index contributed by atoms with van der Waals surface area (Å²) in [4.78, 5) is 21.3. The maximum Gasteiger partial charge on any atom is 0.244 e. The molecule has 0 rings (SSSR count). The second-order valence-electron chi connectivity index (χ2n) is 2.38. The Kier molecular flexibility index (Phi) is 13.0. The highest BCUT2D eigenvalue weighted by Crippen LogP contribution is 1.72. The van der Waals surface area contributed by atoms with Gasteiger partial charge >= 0.3 is 0 Å². The SMILES string of the molecule is CC.CNC/C=C/C(=O)NCC(C)=O. The molecule has 0 aromatic rings. The lowest BCUT2D eigenvalue weighted by Gasteiger charge is -1.96. The van der Waals surface area contributed by atoms with Crippen LogP contribution in [0.3, 0.4) is 0 Å². The van der Waals surface area contributed by atoms with E-state index in [1.54, 1.807) is 13.1 Å². The van der Waals surface area contributed by atoms with Gasteiger partial charge in [-0.3, -0.25) is 9.59 Å². The van der Waals surface area contributed by atoms with E-state index in [0.717, 1.165) is 0 Å². The normalized spacial score (nSPS) is 9.14. The molecule has 0 aliphatic heterocycles. The number of ketones is 1. The zero-order valence-corrected chi connectivity index (χ0v) is 9.39. The molecule has 4 nitrogen and oxygen atoms in total. The maximum absolute atomic E-state index is 10.8. The smallest absolute Gasteiger partial charge is 0.244 e. The Labute approximate surface area is 85.8 Å². The number of hydrogen-bond acceptors (Lipinski definition) is 3.